The Morgan fingerprint density at radius 1 is 0.250 bits per heavy atom. The zero-order valence-corrected chi connectivity index (χ0v) is 53.2. The summed E-state index contributed by atoms with van der Waals surface area (Å²) in [6, 6.07) is 67.3. The van der Waals surface area contributed by atoms with E-state index in [9.17, 15) is 20.4 Å². The molecule has 0 aromatic heterocycles. The van der Waals surface area contributed by atoms with Crippen molar-refractivity contribution in [1.29, 1.82) is 0 Å². The van der Waals surface area contributed by atoms with Crippen molar-refractivity contribution < 1.29 is 59.4 Å². The third kappa shape index (κ3) is 33.9. The zero-order chi connectivity index (χ0) is 54.4. The number of unbranched alkanes of at least 4 members (excludes halogenated alkanes) is 3. The largest absolute Gasteiger partial charge is 2.00 e. The van der Waals surface area contributed by atoms with Gasteiger partial charge in [0.05, 0.1) is 0 Å². The van der Waals surface area contributed by atoms with Crippen molar-refractivity contribution in [3.8, 4) is 67.5 Å². The van der Waals surface area contributed by atoms with Crippen LogP contribution in [-0.2, 0) is 39.0 Å². The molecule has 0 saturated heterocycles. The first-order chi connectivity index (χ1) is 35.6. The van der Waals surface area contributed by atoms with E-state index in [1.54, 1.807) is 72.8 Å². The summed E-state index contributed by atoms with van der Waals surface area (Å²) >= 11 is 0. The molecule has 0 bridgehead atoms. The molecule has 10 heteroatoms. The van der Waals surface area contributed by atoms with Gasteiger partial charge in [-0.1, -0.05) is 258 Å². The quantitative estimate of drug-likeness (QED) is 0.0830. The van der Waals surface area contributed by atoms with Gasteiger partial charge in [0.2, 0.25) is 0 Å². The fourth-order valence-electron chi connectivity index (χ4n) is 6.53. The van der Waals surface area contributed by atoms with Crippen LogP contribution in [-0.4, -0.2) is 102 Å². The summed E-state index contributed by atoms with van der Waals surface area (Å²) < 4.78 is 0. The molecule has 8 nitrogen and oxygen atoms in total. The van der Waals surface area contributed by atoms with E-state index in [2.05, 4.69) is 89.8 Å². The Morgan fingerprint density at radius 2 is 0.421 bits per heavy atom. The molecule has 0 saturated carbocycles. The standard InChI is InChI=1S/4C12H10O.2C6H16N2.C6H14.2Zn/c4*13-12-8-4-7-11(9-12)10-5-2-1-3-6-10;2*1-7(2)5-6-8(3)4;1-3-5-6-4-2;;/h4*1-9,13H;2*5-6H2,1-4H3;3-6H2,1-2H3;;/q;;;;;;;2*+2/p-4. The Balaban J connectivity index is 0.000000875. The van der Waals surface area contributed by atoms with Gasteiger partial charge in [-0.25, -0.2) is 0 Å². The topological polar surface area (TPSA) is 105 Å². The Morgan fingerprint density at radius 3 is 0.566 bits per heavy atom. The molecular formula is C66H82N4O4Zn2. The van der Waals surface area contributed by atoms with Crippen LogP contribution in [0.1, 0.15) is 39.5 Å². The van der Waals surface area contributed by atoms with Crippen LogP contribution in [0.3, 0.4) is 0 Å². The van der Waals surface area contributed by atoms with E-state index >= 15 is 0 Å². The molecule has 394 valence electrons. The van der Waals surface area contributed by atoms with Crippen LogP contribution in [0.5, 0.6) is 23.0 Å². The van der Waals surface area contributed by atoms with Crippen LogP contribution in [0, 0.1) is 0 Å². The van der Waals surface area contributed by atoms with Crippen LogP contribution < -0.4 is 20.4 Å². The molecule has 8 aromatic carbocycles. The third-order valence-corrected chi connectivity index (χ3v) is 10.7. The van der Waals surface area contributed by atoms with Gasteiger partial charge in [-0.05, 0) is 101 Å². The van der Waals surface area contributed by atoms with E-state index in [0.717, 1.165) is 70.7 Å². The molecular weight excluding hydrogens is 1040 g/mol. The van der Waals surface area contributed by atoms with Crippen molar-refractivity contribution >= 4 is 0 Å². The minimum absolute atomic E-state index is 0. The van der Waals surface area contributed by atoms with Crippen molar-refractivity contribution in [2.75, 3.05) is 82.6 Å². The van der Waals surface area contributed by atoms with Gasteiger partial charge in [0.1, 0.15) is 0 Å². The maximum Gasteiger partial charge on any atom is 2.00 e. The van der Waals surface area contributed by atoms with Crippen molar-refractivity contribution in [2.24, 2.45) is 0 Å². The first-order valence-corrected chi connectivity index (χ1v) is 25.5. The van der Waals surface area contributed by atoms with Gasteiger partial charge >= 0.3 is 39.0 Å². The Bertz CT molecular complexity index is 2240. The SMILES string of the molecule is CCCCCC.CN(C)CCN(C)C.CN(C)CCN(C)C.[O-]c1cccc(-c2ccccc2)c1.[O-]c1cccc(-c2ccccc2)c1.[O-]c1cccc(-c2ccccc2)c1.[O-]c1cccc(-c2ccccc2)c1.[Zn+2].[Zn+2]. The van der Waals surface area contributed by atoms with Gasteiger partial charge in [0, 0.05) is 26.2 Å². The number of rotatable bonds is 13. The van der Waals surface area contributed by atoms with Crippen LogP contribution >= 0.6 is 0 Å². The first kappa shape index (κ1) is 70.0. The van der Waals surface area contributed by atoms with Gasteiger partial charge in [-0.2, -0.15) is 0 Å². The van der Waals surface area contributed by atoms with Crippen LogP contribution in [0.15, 0.2) is 218 Å². The van der Waals surface area contributed by atoms with Crippen molar-refractivity contribution in [2.45, 2.75) is 39.5 Å². The van der Waals surface area contributed by atoms with Crippen molar-refractivity contribution in [3.63, 3.8) is 0 Å². The molecule has 8 aromatic rings. The number of hydrogen-bond acceptors (Lipinski definition) is 8. The Kier molecular flexibility index (Phi) is 39.8. The fourth-order valence-corrected chi connectivity index (χ4v) is 6.53. The molecule has 0 radical (unpaired) electrons. The molecule has 0 fully saturated rings. The van der Waals surface area contributed by atoms with Crippen molar-refractivity contribution in [3.05, 3.63) is 218 Å². The molecule has 8 rings (SSSR count). The third-order valence-electron chi connectivity index (χ3n) is 10.7. The van der Waals surface area contributed by atoms with E-state index in [-0.39, 0.29) is 62.0 Å². The molecule has 76 heavy (non-hydrogen) atoms. The molecule has 0 heterocycles. The summed E-state index contributed by atoms with van der Waals surface area (Å²) in [5, 5.41) is 44.3. The summed E-state index contributed by atoms with van der Waals surface area (Å²) in [4.78, 5) is 8.72. The van der Waals surface area contributed by atoms with Crippen molar-refractivity contribution in [1.82, 2.24) is 19.6 Å². The number of benzene rings is 8. The van der Waals surface area contributed by atoms with Crippen LogP contribution in [0.2, 0.25) is 0 Å². The smallest absolute Gasteiger partial charge is 0.872 e. The number of nitrogens with zero attached hydrogens (tertiary/aromatic N) is 4. The second-order valence-electron chi connectivity index (χ2n) is 18.5. The van der Waals surface area contributed by atoms with Gasteiger partial charge in [0.15, 0.2) is 0 Å². The van der Waals surface area contributed by atoms with E-state index < -0.39 is 0 Å². The predicted octanol–water partition coefficient (Wildman–Crippen LogP) is 12.5. The first-order valence-electron chi connectivity index (χ1n) is 25.5. The molecule has 0 aliphatic rings. The van der Waals surface area contributed by atoms with E-state index in [0.29, 0.717) is 0 Å². The summed E-state index contributed by atoms with van der Waals surface area (Å²) in [6.07, 6.45) is 5.54. The molecule has 0 spiro atoms. The van der Waals surface area contributed by atoms with Crippen LogP contribution in [0.4, 0.5) is 0 Å². The second kappa shape index (κ2) is 43.2. The Hall–Kier alpha value is -5.95. The fraction of sp³-hybridized carbons (Fsp3) is 0.273. The average molecular weight is 1130 g/mol. The van der Waals surface area contributed by atoms with Gasteiger partial charge in [0.25, 0.3) is 0 Å². The van der Waals surface area contributed by atoms with Crippen LogP contribution in [0.25, 0.3) is 44.5 Å². The summed E-state index contributed by atoms with van der Waals surface area (Å²) in [5.41, 5.74) is 8.25. The van der Waals surface area contributed by atoms with E-state index in [4.69, 9.17) is 0 Å². The van der Waals surface area contributed by atoms with Gasteiger partial charge < -0.3 is 40.0 Å². The minimum Gasteiger partial charge on any atom is -0.872 e. The molecule has 0 aliphatic carbocycles. The van der Waals surface area contributed by atoms with Gasteiger partial charge in [-0.15, -0.1) is 23.0 Å². The van der Waals surface area contributed by atoms with E-state index in [1.165, 1.54) is 25.7 Å². The second-order valence-corrected chi connectivity index (χ2v) is 18.5. The van der Waals surface area contributed by atoms with Gasteiger partial charge in [-0.3, -0.25) is 0 Å². The maximum absolute atomic E-state index is 11.1. The number of hydrogen-bond donors (Lipinski definition) is 0. The molecule has 0 amide bonds. The molecule has 0 unspecified atom stereocenters. The minimum atomic E-state index is 0. The summed E-state index contributed by atoms with van der Waals surface area (Å²) in [6.45, 7) is 9.05. The maximum atomic E-state index is 11.1. The average Bonchev–Trinajstić information content (AvgIpc) is 3.41. The summed E-state index contributed by atoms with van der Waals surface area (Å²) in [5.74, 6) is 0.227. The monoisotopic (exact) mass is 1120 g/mol. The van der Waals surface area contributed by atoms with E-state index in [1.807, 2.05) is 146 Å². The number of likely N-dealkylation sites (N-methyl/N-ethyl adjacent to an activating group) is 4. The molecule has 0 N–H and O–H groups in total. The predicted molar refractivity (Wildman–Crippen MR) is 309 cm³/mol. The normalized spacial score (nSPS) is 9.82. The summed E-state index contributed by atoms with van der Waals surface area (Å²) in [7, 11) is 16.7. The Labute approximate surface area is 483 Å². The zero-order valence-electron chi connectivity index (χ0n) is 47.3. The molecule has 0 aliphatic heterocycles. The molecule has 0 atom stereocenters.